The number of amides is 2. The number of carbonyl (C=O) groups excluding carboxylic acids is 2. The minimum absolute atomic E-state index is 0.0332. The molecule has 1 saturated carbocycles. The zero-order valence-corrected chi connectivity index (χ0v) is 18.8. The van der Waals surface area contributed by atoms with Crippen LogP contribution in [0, 0.1) is 0 Å². The molecular weight excluding hydrogens is 420 g/mol. The van der Waals surface area contributed by atoms with Gasteiger partial charge in [-0.3, -0.25) is 4.79 Å². The molecule has 1 atom stereocenters. The fourth-order valence-corrected chi connectivity index (χ4v) is 4.90. The standard InChI is InChI=1S/C26H30N2O5/c1-2-8-22(24(30)31)27-23(29)15-26(13-7-14-26)28-25(32)33-16-21-19-11-5-3-9-17(19)18-10-4-6-12-20(18)21/h3-6,9-12,21-22H,2,7-8,13-16H2,1H3,(H,27,29)(H,28,32)(H,30,31). The Balaban J connectivity index is 1.36. The number of hydrogen-bond acceptors (Lipinski definition) is 4. The molecule has 7 heteroatoms. The second-order valence-corrected chi connectivity index (χ2v) is 9.01. The average Bonchev–Trinajstić information content (AvgIpc) is 3.09. The van der Waals surface area contributed by atoms with E-state index in [2.05, 4.69) is 34.9 Å². The summed E-state index contributed by atoms with van der Waals surface area (Å²) in [5.74, 6) is -1.44. The minimum Gasteiger partial charge on any atom is -0.480 e. The SMILES string of the molecule is CCCC(NC(=O)CC1(NC(=O)OCC2c3ccccc3-c3ccccc32)CCC1)C(=O)O. The first-order valence-electron chi connectivity index (χ1n) is 11.6. The van der Waals surface area contributed by atoms with Crippen LogP contribution in [0.2, 0.25) is 0 Å². The Morgan fingerprint density at radius 2 is 1.67 bits per heavy atom. The fourth-order valence-electron chi connectivity index (χ4n) is 4.90. The molecule has 7 nitrogen and oxygen atoms in total. The van der Waals surface area contributed by atoms with Crippen LogP contribution in [0.25, 0.3) is 11.1 Å². The quantitative estimate of drug-likeness (QED) is 0.531. The number of carbonyl (C=O) groups is 3. The van der Waals surface area contributed by atoms with Gasteiger partial charge in [-0.05, 0) is 47.9 Å². The van der Waals surface area contributed by atoms with E-state index in [-0.39, 0.29) is 24.9 Å². The molecule has 1 fully saturated rings. The first-order valence-corrected chi connectivity index (χ1v) is 11.6. The third kappa shape index (κ3) is 4.87. The van der Waals surface area contributed by atoms with Gasteiger partial charge in [-0.25, -0.2) is 9.59 Å². The molecule has 0 radical (unpaired) electrons. The van der Waals surface area contributed by atoms with Crippen LogP contribution in [-0.2, 0) is 14.3 Å². The van der Waals surface area contributed by atoms with Crippen molar-refractivity contribution in [3.05, 3.63) is 59.7 Å². The molecule has 2 amide bonds. The van der Waals surface area contributed by atoms with Gasteiger partial charge < -0.3 is 20.5 Å². The first-order chi connectivity index (χ1) is 15.9. The fraction of sp³-hybridized carbons (Fsp3) is 0.423. The molecule has 33 heavy (non-hydrogen) atoms. The summed E-state index contributed by atoms with van der Waals surface area (Å²) in [5.41, 5.74) is 3.92. The Labute approximate surface area is 193 Å². The van der Waals surface area contributed by atoms with Gasteiger partial charge in [-0.2, -0.15) is 0 Å². The summed E-state index contributed by atoms with van der Waals surface area (Å²) >= 11 is 0. The number of carboxylic acid groups (broad SMARTS) is 1. The second-order valence-electron chi connectivity index (χ2n) is 9.01. The molecule has 0 aromatic heterocycles. The van der Waals surface area contributed by atoms with Gasteiger partial charge in [0.05, 0.1) is 5.54 Å². The molecule has 0 aliphatic heterocycles. The van der Waals surface area contributed by atoms with Crippen molar-refractivity contribution >= 4 is 18.0 Å². The topological polar surface area (TPSA) is 105 Å². The van der Waals surface area contributed by atoms with E-state index in [0.717, 1.165) is 28.7 Å². The van der Waals surface area contributed by atoms with Crippen molar-refractivity contribution in [2.75, 3.05) is 6.61 Å². The number of carboxylic acids is 1. The molecule has 3 N–H and O–H groups in total. The van der Waals surface area contributed by atoms with E-state index in [1.165, 1.54) is 0 Å². The van der Waals surface area contributed by atoms with Crippen molar-refractivity contribution in [3.8, 4) is 11.1 Å². The summed E-state index contributed by atoms with van der Waals surface area (Å²) in [4.78, 5) is 36.5. The van der Waals surface area contributed by atoms with Crippen LogP contribution in [0.15, 0.2) is 48.5 Å². The van der Waals surface area contributed by atoms with Gasteiger partial charge in [-0.15, -0.1) is 0 Å². The smallest absolute Gasteiger partial charge is 0.407 e. The van der Waals surface area contributed by atoms with Crippen LogP contribution in [0.4, 0.5) is 4.79 Å². The maximum Gasteiger partial charge on any atom is 0.407 e. The van der Waals surface area contributed by atoms with E-state index >= 15 is 0 Å². The summed E-state index contributed by atoms with van der Waals surface area (Å²) in [6, 6.07) is 15.4. The van der Waals surface area contributed by atoms with Crippen LogP contribution >= 0.6 is 0 Å². The lowest BCUT2D eigenvalue weighted by Crippen LogP contribution is -2.57. The summed E-state index contributed by atoms with van der Waals surface area (Å²) in [6.07, 6.45) is 2.74. The van der Waals surface area contributed by atoms with Crippen LogP contribution < -0.4 is 10.6 Å². The van der Waals surface area contributed by atoms with Gasteiger partial charge in [-0.1, -0.05) is 61.9 Å². The van der Waals surface area contributed by atoms with Gasteiger partial charge in [0.2, 0.25) is 5.91 Å². The number of nitrogens with one attached hydrogen (secondary N) is 2. The highest BCUT2D eigenvalue weighted by molar-refractivity contribution is 5.85. The summed E-state index contributed by atoms with van der Waals surface area (Å²) in [7, 11) is 0. The predicted molar refractivity (Wildman–Crippen MR) is 124 cm³/mol. The van der Waals surface area contributed by atoms with Crippen molar-refractivity contribution in [2.45, 2.75) is 62.9 Å². The Morgan fingerprint density at radius 3 is 2.18 bits per heavy atom. The van der Waals surface area contributed by atoms with Crippen LogP contribution in [0.5, 0.6) is 0 Å². The number of alkyl carbamates (subject to hydrolysis) is 1. The van der Waals surface area contributed by atoms with Gasteiger partial charge in [0.15, 0.2) is 0 Å². The molecule has 2 aromatic carbocycles. The van der Waals surface area contributed by atoms with E-state index < -0.39 is 23.6 Å². The Morgan fingerprint density at radius 1 is 1.06 bits per heavy atom. The maximum atomic E-state index is 12.7. The van der Waals surface area contributed by atoms with Crippen molar-refractivity contribution in [1.29, 1.82) is 0 Å². The summed E-state index contributed by atoms with van der Waals surface area (Å²) in [5, 5.41) is 14.8. The molecule has 174 valence electrons. The van der Waals surface area contributed by atoms with Gasteiger partial charge in [0.1, 0.15) is 12.6 Å². The average molecular weight is 451 g/mol. The summed E-state index contributed by atoms with van der Waals surface area (Å²) < 4.78 is 5.63. The van der Waals surface area contributed by atoms with E-state index in [9.17, 15) is 19.5 Å². The monoisotopic (exact) mass is 450 g/mol. The minimum atomic E-state index is -1.04. The van der Waals surface area contributed by atoms with Crippen molar-refractivity contribution < 1.29 is 24.2 Å². The van der Waals surface area contributed by atoms with E-state index in [1.54, 1.807) is 0 Å². The van der Waals surface area contributed by atoms with Crippen LogP contribution in [0.3, 0.4) is 0 Å². The third-order valence-electron chi connectivity index (χ3n) is 6.73. The van der Waals surface area contributed by atoms with Crippen molar-refractivity contribution in [2.24, 2.45) is 0 Å². The Hall–Kier alpha value is -3.35. The lowest BCUT2D eigenvalue weighted by Gasteiger charge is -2.41. The number of hydrogen-bond donors (Lipinski definition) is 3. The van der Waals surface area contributed by atoms with E-state index in [1.807, 2.05) is 31.2 Å². The molecule has 2 aromatic rings. The molecule has 0 spiro atoms. The molecule has 4 rings (SSSR count). The maximum absolute atomic E-state index is 12.7. The van der Waals surface area contributed by atoms with Crippen molar-refractivity contribution in [1.82, 2.24) is 10.6 Å². The zero-order valence-electron chi connectivity index (χ0n) is 18.8. The van der Waals surface area contributed by atoms with Crippen LogP contribution in [-0.4, -0.2) is 41.3 Å². The number of aliphatic carboxylic acids is 1. The highest BCUT2D eigenvalue weighted by atomic mass is 16.5. The number of rotatable bonds is 9. The summed E-state index contributed by atoms with van der Waals surface area (Å²) in [6.45, 7) is 2.08. The Kier molecular flexibility index (Phi) is 6.67. The second kappa shape index (κ2) is 9.65. The zero-order chi connectivity index (χ0) is 23.4. The molecule has 2 aliphatic carbocycles. The van der Waals surface area contributed by atoms with Crippen LogP contribution in [0.1, 0.15) is 62.5 Å². The molecule has 0 saturated heterocycles. The van der Waals surface area contributed by atoms with Gasteiger partial charge in [0, 0.05) is 12.3 Å². The largest absolute Gasteiger partial charge is 0.480 e. The highest BCUT2D eigenvalue weighted by Crippen LogP contribution is 2.44. The van der Waals surface area contributed by atoms with E-state index in [4.69, 9.17) is 4.74 Å². The number of fused-ring (bicyclic) bond motifs is 3. The van der Waals surface area contributed by atoms with E-state index in [0.29, 0.717) is 25.7 Å². The lowest BCUT2D eigenvalue weighted by molar-refractivity contribution is -0.142. The van der Waals surface area contributed by atoms with Gasteiger partial charge in [0.25, 0.3) is 0 Å². The molecule has 2 aliphatic rings. The molecule has 0 heterocycles. The predicted octanol–water partition coefficient (Wildman–Crippen LogP) is 4.21. The number of ether oxygens (including phenoxy) is 1. The third-order valence-corrected chi connectivity index (χ3v) is 6.73. The highest BCUT2D eigenvalue weighted by Gasteiger charge is 2.41. The lowest BCUT2D eigenvalue weighted by atomic mass is 9.74. The molecule has 1 unspecified atom stereocenters. The molecular formula is C26H30N2O5. The molecule has 0 bridgehead atoms. The first kappa shape index (κ1) is 22.8. The normalized spacial score (nSPS) is 16.6. The van der Waals surface area contributed by atoms with Crippen molar-refractivity contribution in [3.63, 3.8) is 0 Å². The Bertz CT molecular complexity index is 1000. The number of benzene rings is 2. The van der Waals surface area contributed by atoms with Gasteiger partial charge >= 0.3 is 12.1 Å².